The van der Waals surface area contributed by atoms with Gasteiger partial charge in [0.05, 0.1) is 0 Å². The first kappa shape index (κ1) is 25.8. The number of alkyl carbamates (subject to hydrolysis) is 1. The van der Waals surface area contributed by atoms with Gasteiger partial charge in [0.15, 0.2) is 0 Å². The molecule has 1 aromatic rings. The molecule has 1 aliphatic heterocycles. The van der Waals surface area contributed by atoms with Gasteiger partial charge in [0.2, 0.25) is 0 Å². The summed E-state index contributed by atoms with van der Waals surface area (Å²) >= 11 is 1.35. The summed E-state index contributed by atoms with van der Waals surface area (Å²) in [7, 11) is 0. The first-order chi connectivity index (χ1) is 14.1. The van der Waals surface area contributed by atoms with Crippen molar-refractivity contribution in [2.75, 3.05) is 18.6 Å². The summed E-state index contributed by atoms with van der Waals surface area (Å²) in [5, 5.41) is 14.2. The predicted molar refractivity (Wildman–Crippen MR) is 116 cm³/mol. The first-order valence-electron chi connectivity index (χ1n) is 9.77. The van der Waals surface area contributed by atoms with Gasteiger partial charge in [0.25, 0.3) is 0 Å². The van der Waals surface area contributed by atoms with Crippen molar-refractivity contribution in [1.82, 2.24) is 10.6 Å². The van der Waals surface area contributed by atoms with Crippen molar-refractivity contribution in [3.8, 4) is 0 Å². The Morgan fingerprint density at radius 3 is 2.43 bits per heavy atom. The highest BCUT2D eigenvalue weighted by Crippen LogP contribution is 2.09. The Balaban J connectivity index is 0.000000300. The summed E-state index contributed by atoms with van der Waals surface area (Å²) < 4.78 is 10.2. The lowest BCUT2D eigenvalue weighted by molar-refractivity contribution is -0.147. The van der Waals surface area contributed by atoms with E-state index >= 15 is 0 Å². The second-order valence-corrected chi connectivity index (χ2v) is 8.65. The van der Waals surface area contributed by atoms with Crippen LogP contribution in [0.25, 0.3) is 0 Å². The normalized spacial score (nSPS) is 16.6. The molecule has 8 nitrogen and oxygen atoms in total. The van der Waals surface area contributed by atoms with E-state index in [9.17, 15) is 14.4 Å². The summed E-state index contributed by atoms with van der Waals surface area (Å²) in [5.74, 6) is -0.874. The smallest absolute Gasteiger partial charge is 0.408 e. The number of nitrogens with one attached hydrogen (secondary N) is 2. The highest BCUT2D eigenvalue weighted by atomic mass is 32.2. The van der Waals surface area contributed by atoms with Crippen LogP contribution in [-0.2, 0) is 25.7 Å². The third-order valence-electron chi connectivity index (χ3n) is 3.89. The van der Waals surface area contributed by atoms with Crippen molar-refractivity contribution in [3.05, 3.63) is 35.9 Å². The number of hydrogen-bond donors (Lipinski definition) is 3. The summed E-state index contributed by atoms with van der Waals surface area (Å²) in [5.41, 5.74) is 0.413. The van der Waals surface area contributed by atoms with E-state index in [0.29, 0.717) is 12.4 Å². The van der Waals surface area contributed by atoms with E-state index in [-0.39, 0.29) is 12.0 Å². The van der Waals surface area contributed by atoms with Crippen LogP contribution in [0, 0.1) is 0 Å². The number of amides is 1. The molecule has 1 fully saturated rings. The van der Waals surface area contributed by atoms with Crippen LogP contribution < -0.4 is 10.6 Å². The predicted octanol–water partition coefficient (Wildman–Crippen LogP) is 2.81. The van der Waals surface area contributed by atoms with Gasteiger partial charge in [0.1, 0.15) is 24.3 Å². The van der Waals surface area contributed by atoms with Crippen LogP contribution in [0.3, 0.4) is 0 Å². The topological polar surface area (TPSA) is 114 Å². The standard InChI is InChI=1S/C12H15NO2.C9H17NO4S/c14-12(11-7-4-8-13-11)15-9-10-5-2-1-3-6-10;1-9(2,3)14-8(13)10-6(5-15-4)7(11)12/h1-3,5-6,11,13H,4,7-9H2;6H,5H2,1-4H3,(H,10,13)(H,11,12)/t11-;6-/m00/s1. The van der Waals surface area contributed by atoms with E-state index in [1.165, 1.54) is 11.8 Å². The molecule has 1 aliphatic rings. The first-order valence-corrected chi connectivity index (χ1v) is 11.2. The quantitative estimate of drug-likeness (QED) is 0.555. The monoisotopic (exact) mass is 440 g/mol. The molecule has 0 saturated carbocycles. The van der Waals surface area contributed by atoms with Crippen molar-refractivity contribution < 1.29 is 29.0 Å². The van der Waals surface area contributed by atoms with Crippen molar-refractivity contribution in [3.63, 3.8) is 0 Å². The number of benzene rings is 1. The molecule has 1 amide bonds. The summed E-state index contributed by atoms with van der Waals surface area (Å²) in [6.45, 7) is 6.45. The molecule has 0 unspecified atom stereocenters. The van der Waals surface area contributed by atoms with Crippen LogP contribution in [0.4, 0.5) is 4.79 Å². The molecular weight excluding hydrogens is 408 g/mol. The number of carbonyl (C=O) groups excluding carboxylic acids is 2. The Labute approximate surface area is 182 Å². The summed E-state index contributed by atoms with van der Waals surface area (Å²) in [6, 6.07) is 8.74. The van der Waals surface area contributed by atoms with Gasteiger partial charge >= 0.3 is 18.0 Å². The van der Waals surface area contributed by atoms with Crippen LogP contribution in [0.15, 0.2) is 30.3 Å². The molecule has 168 valence electrons. The molecule has 9 heteroatoms. The number of carboxylic acids is 1. The average Bonchev–Trinajstić information content (AvgIpc) is 3.20. The molecule has 0 spiro atoms. The minimum Gasteiger partial charge on any atom is -0.480 e. The number of carboxylic acid groups (broad SMARTS) is 1. The van der Waals surface area contributed by atoms with Crippen LogP contribution in [-0.4, -0.2) is 59.4 Å². The minimum atomic E-state index is -1.06. The fourth-order valence-corrected chi connectivity index (χ4v) is 3.07. The number of ether oxygens (including phenoxy) is 2. The van der Waals surface area contributed by atoms with Gasteiger partial charge in [-0.15, -0.1) is 0 Å². The zero-order valence-electron chi connectivity index (χ0n) is 18.0. The third-order valence-corrected chi connectivity index (χ3v) is 4.56. The largest absolute Gasteiger partial charge is 0.480 e. The van der Waals surface area contributed by atoms with Gasteiger partial charge in [-0.25, -0.2) is 9.59 Å². The van der Waals surface area contributed by atoms with E-state index in [1.807, 2.05) is 30.3 Å². The minimum absolute atomic E-state index is 0.0892. The Hall–Kier alpha value is -2.26. The average molecular weight is 441 g/mol. The lowest BCUT2D eigenvalue weighted by atomic mass is 10.2. The third kappa shape index (κ3) is 11.1. The van der Waals surface area contributed by atoms with Crippen LogP contribution in [0.1, 0.15) is 39.2 Å². The molecule has 0 bridgehead atoms. The molecule has 2 atom stereocenters. The van der Waals surface area contributed by atoms with Gasteiger partial charge in [-0.1, -0.05) is 30.3 Å². The zero-order chi connectivity index (χ0) is 22.6. The fourth-order valence-electron chi connectivity index (χ4n) is 2.51. The second-order valence-electron chi connectivity index (χ2n) is 7.73. The van der Waals surface area contributed by atoms with Crippen molar-refractivity contribution in [1.29, 1.82) is 0 Å². The summed E-state index contributed by atoms with van der Waals surface area (Å²) in [6.07, 6.45) is 3.02. The van der Waals surface area contributed by atoms with Gasteiger partial charge in [-0.05, 0) is 52.0 Å². The van der Waals surface area contributed by atoms with Crippen molar-refractivity contribution in [2.24, 2.45) is 0 Å². The van der Waals surface area contributed by atoms with E-state index in [0.717, 1.165) is 24.9 Å². The van der Waals surface area contributed by atoms with Crippen molar-refractivity contribution in [2.45, 2.75) is 57.9 Å². The van der Waals surface area contributed by atoms with E-state index < -0.39 is 23.7 Å². The summed E-state index contributed by atoms with van der Waals surface area (Å²) in [4.78, 5) is 33.5. The molecule has 1 heterocycles. The lowest BCUT2D eigenvalue weighted by Crippen LogP contribution is -2.44. The van der Waals surface area contributed by atoms with Gasteiger partial charge in [-0.3, -0.25) is 4.79 Å². The Kier molecular flexibility index (Phi) is 11.3. The molecule has 0 radical (unpaired) electrons. The number of hydrogen-bond acceptors (Lipinski definition) is 7. The van der Waals surface area contributed by atoms with Crippen LogP contribution in [0.5, 0.6) is 0 Å². The molecule has 0 aliphatic carbocycles. The zero-order valence-corrected chi connectivity index (χ0v) is 18.8. The highest BCUT2D eigenvalue weighted by molar-refractivity contribution is 7.98. The Bertz CT molecular complexity index is 672. The highest BCUT2D eigenvalue weighted by Gasteiger charge is 2.24. The molecular formula is C21H32N2O6S. The molecule has 1 aromatic carbocycles. The molecule has 0 aromatic heterocycles. The van der Waals surface area contributed by atoms with Crippen molar-refractivity contribution >= 4 is 29.8 Å². The number of carbonyl (C=O) groups is 3. The maximum atomic E-state index is 11.5. The number of esters is 1. The Morgan fingerprint density at radius 2 is 1.93 bits per heavy atom. The van der Waals surface area contributed by atoms with E-state index in [2.05, 4.69) is 10.6 Å². The Morgan fingerprint density at radius 1 is 1.27 bits per heavy atom. The van der Waals surface area contributed by atoms with E-state index in [1.54, 1.807) is 27.0 Å². The van der Waals surface area contributed by atoms with E-state index in [4.69, 9.17) is 14.6 Å². The fraction of sp³-hybridized carbons (Fsp3) is 0.571. The van der Waals surface area contributed by atoms with Crippen LogP contribution >= 0.6 is 11.8 Å². The van der Waals surface area contributed by atoms with Gasteiger partial charge in [0, 0.05) is 5.75 Å². The van der Waals surface area contributed by atoms with Crippen LogP contribution in [0.2, 0.25) is 0 Å². The number of aliphatic carboxylic acids is 1. The lowest BCUT2D eigenvalue weighted by Gasteiger charge is -2.21. The number of thioether (sulfide) groups is 1. The van der Waals surface area contributed by atoms with Gasteiger partial charge in [-0.2, -0.15) is 11.8 Å². The molecule has 2 rings (SSSR count). The molecule has 30 heavy (non-hydrogen) atoms. The SMILES string of the molecule is CSC[C@H](NC(=O)OC(C)(C)C)C(=O)O.O=C(OCc1ccccc1)[C@@H]1CCCN1. The number of rotatable bonds is 7. The van der Waals surface area contributed by atoms with Gasteiger partial charge < -0.3 is 25.2 Å². The molecule has 1 saturated heterocycles. The maximum Gasteiger partial charge on any atom is 0.408 e. The maximum absolute atomic E-state index is 11.5. The second kappa shape index (κ2) is 13.1. The molecule has 3 N–H and O–H groups in total.